The first kappa shape index (κ1) is 14.0. The van der Waals surface area contributed by atoms with E-state index in [1.165, 1.54) is 0 Å². The fraction of sp³-hybridized carbons (Fsp3) is 0.538. The van der Waals surface area contributed by atoms with E-state index in [0.29, 0.717) is 10.9 Å². The molecule has 16 heavy (non-hydrogen) atoms. The zero-order valence-corrected chi connectivity index (χ0v) is 12.1. The van der Waals surface area contributed by atoms with E-state index in [2.05, 4.69) is 29.8 Å². The van der Waals surface area contributed by atoms with E-state index in [1.807, 2.05) is 18.2 Å². The van der Waals surface area contributed by atoms with E-state index in [0.717, 1.165) is 29.3 Å². The van der Waals surface area contributed by atoms with Gasteiger partial charge in [-0.15, -0.1) is 0 Å². The molecule has 1 N–H and O–H groups in total. The highest BCUT2D eigenvalue weighted by molar-refractivity contribution is 9.10. The Balaban J connectivity index is 2.52. The minimum absolute atomic E-state index is 0.399. The van der Waals surface area contributed by atoms with Gasteiger partial charge in [0.15, 0.2) is 0 Å². The maximum absolute atomic E-state index is 9.97. The van der Waals surface area contributed by atoms with Crippen molar-refractivity contribution in [2.45, 2.75) is 39.2 Å². The van der Waals surface area contributed by atoms with Gasteiger partial charge in [-0.05, 0) is 46.0 Å². The molecule has 90 valence electrons. The Hall–Kier alpha value is -0.0500. The molecule has 1 rings (SSSR count). The fourth-order valence-corrected chi connectivity index (χ4v) is 2.04. The molecule has 1 aromatic carbocycles. The molecule has 0 saturated heterocycles. The lowest BCUT2D eigenvalue weighted by Gasteiger charge is -2.12. The van der Waals surface area contributed by atoms with Crippen LogP contribution in [0.25, 0.3) is 0 Å². The zero-order chi connectivity index (χ0) is 12.1. The molecule has 0 bridgehead atoms. The average molecular weight is 306 g/mol. The lowest BCUT2D eigenvalue weighted by molar-refractivity contribution is 0.162. The van der Waals surface area contributed by atoms with Crippen LogP contribution in [0.2, 0.25) is 5.02 Å². The highest BCUT2D eigenvalue weighted by Crippen LogP contribution is 2.28. The van der Waals surface area contributed by atoms with Crippen LogP contribution in [-0.4, -0.2) is 5.11 Å². The SMILES string of the molecule is CC(C)CCCC(O)c1ccc(Br)c(Cl)c1. The lowest BCUT2D eigenvalue weighted by atomic mass is 10.0. The van der Waals surface area contributed by atoms with E-state index in [4.69, 9.17) is 11.6 Å². The molecule has 0 radical (unpaired) electrons. The summed E-state index contributed by atoms with van der Waals surface area (Å²) in [4.78, 5) is 0. The Labute approximate surface area is 111 Å². The molecule has 0 spiro atoms. The summed E-state index contributed by atoms with van der Waals surface area (Å²) >= 11 is 9.32. The summed E-state index contributed by atoms with van der Waals surface area (Å²) in [6.45, 7) is 4.39. The first-order valence-electron chi connectivity index (χ1n) is 5.63. The van der Waals surface area contributed by atoms with Crippen molar-refractivity contribution in [1.29, 1.82) is 0 Å². The van der Waals surface area contributed by atoms with Gasteiger partial charge in [-0.25, -0.2) is 0 Å². The number of hydrogen-bond acceptors (Lipinski definition) is 1. The minimum Gasteiger partial charge on any atom is -0.388 e. The predicted molar refractivity (Wildman–Crippen MR) is 72.8 cm³/mol. The lowest BCUT2D eigenvalue weighted by Crippen LogP contribution is -1.98. The van der Waals surface area contributed by atoms with Crippen LogP contribution in [0.3, 0.4) is 0 Å². The largest absolute Gasteiger partial charge is 0.388 e. The number of benzene rings is 1. The van der Waals surface area contributed by atoms with E-state index >= 15 is 0 Å². The van der Waals surface area contributed by atoms with Gasteiger partial charge in [-0.1, -0.05) is 44.4 Å². The van der Waals surface area contributed by atoms with Gasteiger partial charge >= 0.3 is 0 Å². The fourth-order valence-electron chi connectivity index (χ4n) is 1.61. The number of hydrogen-bond donors (Lipinski definition) is 1. The molecule has 0 heterocycles. The van der Waals surface area contributed by atoms with Crippen LogP contribution >= 0.6 is 27.5 Å². The molecule has 1 atom stereocenters. The van der Waals surface area contributed by atoms with Gasteiger partial charge in [0.2, 0.25) is 0 Å². The Morgan fingerprint density at radius 3 is 2.56 bits per heavy atom. The average Bonchev–Trinajstić information content (AvgIpc) is 2.21. The molecule has 3 heteroatoms. The molecule has 0 aromatic heterocycles. The van der Waals surface area contributed by atoms with Crippen molar-refractivity contribution in [2.75, 3.05) is 0 Å². The second kappa shape index (κ2) is 6.63. The smallest absolute Gasteiger partial charge is 0.0790 e. The van der Waals surface area contributed by atoms with Gasteiger partial charge in [0.05, 0.1) is 11.1 Å². The minimum atomic E-state index is -0.399. The van der Waals surface area contributed by atoms with Crippen LogP contribution in [0.4, 0.5) is 0 Å². The maximum Gasteiger partial charge on any atom is 0.0790 e. The highest BCUT2D eigenvalue weighted by atomic mass is 79.9. The molecule has 1 nitrogen and oxygen atoms in total. The molecule has 0 aliphatic rings. The van der Waals surface area contributed by atoms with Crippen LogP contribution in [0.1, 0.15) is 44.8 Å². The molecular weight excluding hydrogens is 287 g/mol. The Bertz CT molecular complexity index is 339. The molecular formula is C13H18BrClO. The number of aliphatic hydroxyl groups excluding tert-OH is 1. The summed E-state index contributed by atoms with van der Waals surface area (Å²) in [5.41, 5.74) is 0.900. The van der Waals surface area contributed by atoms with E-state index in [-0.39, 0.29) is 0 Å². The van der Waals surface area contributed by atoms with Gasteiger partial charge in [0.25, 0.3) is 0 Å². The summed E-state index contributed by atoms with van der Waals surface area (Å²) in [6, 6.07) is 5.62. The first-order chi connectivity index (χ1) is 7.50. The van der Waals surface area contributed by atoms with Gasteiger partial charge in [-0.3, -0.25) is 0 Å². The Kier molecular flexibility index (Phi) is 5.81. The summed E-state index contributed by atoms with van der Waals surface area (Å²) in [6.07, 6.45) is 2.61. The van der Waals surface area contributed by atoms with Crippen molar-refractivity contribution >= 4 is 27.5 Å². The zero-order valence-electron chi connectivity index (χ0n) is 9.71. The van der Waals surface area contributed by atoms with Crippen molar-refractivity contribution in [3.8, 4) is 0 Å². The molecule has 0 amide bonds. The molecule has 0 aliphatic carbocycles. The van der Waals surface area contributed by atoms with Crippen LogP contribution in [0, 0.1) is 5.92 Å². The summed E-state index contributed by atoms with van der Waals surface area (Å²) < 4.78 is 0.868. The topological polar surface area (TPSA) is 20.2 Å². The Morgan fingerprint density at radius 2 is 2.00 bits per heavy atom. The molecule has 0 fully saturated rings. The highest BCUT2D eigenvalue weighted by Gasteiger charge is 2.09. The van der Waals surface area contributed by atoms with Crippen LogP contribution in [0.5, 0.6) is 0 Å². The van der Waals surface area contributed by atoms with E-state index < -0.39 is 6.10 Å². The monoisotopic (exact) mass is 304 g/mol. The number of aliphatic hydroxyl groups is 1. The molecule has 0 aliphatic heterocycles. The normalized spacial score (nSPS) is 13.1. The Morgan fingerprint density at radius 1 is 1.31 bits per heavy atom. The first-order valence-corrected chi connectivity index (χ1v) is 6.81. The summed E-state index contributed by atoms with van der Waals surface area (Å²) in [5, 5.41) is 10.6. The summed E-state index contributed by atoms with van der Waals surface area (Å²) in [7, 11) is 0. The van der Waals surface area contributed by atoms with E-state index in [9.17, 15) is 5.11 Å². The van der Waals surface area contributed by atoms with Crippen molar-refractivity contribution in [3.05, 3.63) is 33.3 Å². The van der Waals surface area contributed by atoms with Crippen molar-refractivity contribution in [1.82, 2.24) is 0 Å². The predicted octanol–water partition coefficient (Wildman–Crippen LogP) is 4.96. The quantitative estimate of drug-likeness (QED) is 0.815. The van der Waals surface area contributed by atoms with Crippen LogP contribution in [-0.2, 0) is 0 Å². The number of halogens is 2. The van der Waals surface area contributed by atoms with Crippen molar-refractivity contribution < 1.29 is 5.11 Å². The van der Waals surface area contributed by atoms with Gasteiger partial charge < -0.3 is 5.11 Å². The van der Waals surface area contributed by atoms with Gasteiger partial charge in [-0.2, -0.15) is 0 Å². The van der Waals surface area contributed by atoms with Crippen molar-refractivity contribution in [3.63, 3.8) is 0 Å². The van der Waals surface area contributed by atoms with Crippen molar-refractivity contribution in [2.24, 2.45) is 5.92 Å². The second-order valence-electron chi connectivity index (χ2n) is 4.51. The molecule has 1 aromatic rings. The van der Waals surface area contributed by atoms with Crippen LogP contribution < -0.4 is 0 Å². The third kappa shape index (κ3) is 4.44. The second-order valence-corrected chi connectivity index (χ2v) is 5.78. The van der Waals surface area contributed by atoms with E-state index in [1.54, 1.807) is 0 Å². The van der Waals surface area contributed by atoms with Gasteiger partial charge in [0.1, 0.15) is 0 Å². The third-order valence-corrected chi connectivity index (χ3v) is 3.82. The third-order valence-electron chi connectivity index (χ3n) is 2.59. The standard InChI is InChI=1S/C13H18BrClO/c1-9(2)4-3-5-13(16)10-6-7-11(14)12(15)8-10/h6-9,13,16H,3-5H2,1-2H3. The molecule has 0 saturated carbocycles. The van der Waals surface area contributed by atoms with Crippen LogP contribution in [0.15, 0.2) is 22.7 Å². The molecule has 1 unspecified atom stereocenters. The maximum atomic E-state index is 9.97. The van der Waals surface area contributed by atoms with Gasteiger partial charge in [0, 0.05) is 4.47 Å². The summed E-state index contributed by atoms with van der Waals surface area (Å²) in [5.74, 6) is 0.695. The number of rotatable bonds is 5.